The van der Waals surface area contributed by atoms with Crippen LogP contribution < -0.4 is 10.5 Å². The first-order chi connectivity index (χ1) is 9.52. The zero-order valence-electron chi connectivity index (χ0n) is 11.3. The standard InChI is InChI=1S/C14H18N2O3S/c1-19-12-3-2-10(8-11(12)17)14(18)16-6-4-9(5-7-16)13(15)20/h2-3,8-9,17H,4-7H2,1H3,(H2,15,20). The molecule has 1 saturated heterocycles. The molecule has 3 N–H and O–H groups in total. The summed E-state index contributed by atoms with van der Waals surface area (Å²) in [4.78, 5) is 14.6. The van der Waals surface area contributed by atoms with Crippen LogP contribution in [0.3, 0.4) is 0 Å². The lowest BCUT2D eigenvalue weighted by Crippen LogP contribution is -2.41. The first-order valence-electron chi connectivity index (χ1n) is 6.48. The highest BCUT2D eigenvalue weighted by molar-refractivity contribution is 7.80. The van der Waals surface area contributed by atoms with Crippen LogP contribution in [0.5, 0.6) is 11.5 Å². The zero-order chi connectivity index (χ0) is 14.7. The Kier molecular flexibility index (Phi) is 4.44. The number of phenolic OH excluding ortho intramolecular Hbond substituents is 1. The molecule has 2 rings (SSSR count). The van der Waals surface area contributed by atoms with Crippen LogP contribution in [0.15, 0.2) is 18.2 Å². The van der Waals surface area contributed by atoms with E-state index < -0.39 is 0 Å². The number of likely N-dealkylation sites (tertiary alicyclic amines) is 1. The maximum Gasteiger partial charge on any atom is 0.253 e. The van der Waals surface area contributed by atoms with Crippen LogP contribution in [-0.4, -0.2) is 41.1 Å². The molecule has 1 aromatic carbocycles. The summed E-state index contributed by atoms with van der Waals surface area (Å²) in [6, 6.07) is 4.67. The van der Waals surface area contributed by atoms with Crippen molar-refractivity contribution in [2.75, 3.05) is 20.2 Å². The molecule has 1 aromatic rings. The minimum absolute atomic E-state index is 0.0311. The van der Waals surface area contributed by atoms with Crippen molar-refractivity contribution in [2.24, 2.45) is 11.7 Å². The van der Waals surface area contributed by atoms with Gasteiger partial charge < -0.3 is 20.5 Å². The van der Waals surface area contributed by atoms with E-state index in [9.17, 15) is 9.90 Å². The molecule has 1 aliphatic rings. The monoisotopic (exact) mass is 294 g/mol. The van der Waals surface area contributed by atoms with Crippen molar-refractivity contribution >= 4 is 23.1 Å². The second-order valence-electron chi connectivity index (χ2n) is 4.86. The van der Waals surface area contributed by atoms with Crippen molar-refractivity contribution in [3.63, 3.8) is 0 Å². The Labute approximate surface area is 123 Å². The summed E-state index contributed by atoms with van der Waals surface area (Å²) in [5.41, 5.74) is 6.09. The van der Waals surface area contributed by atoms with Gasteiger partial charge in [-0.25, -0.2) is 0 Å². The molecule has 6 heteroatoms. The Morgan fingerprint density at radius 1 is 1.45 bits per heavy atom. The molecule has 0 aliphatic carbocycles. The Hall–Kier alpha value is -1.82. The fourth-order valence-electron chi connectivity index (χ4n) is 2.37. The number of methoxy groups -OCH3 is 1. The Bertz CT molecular complexity index is 525. The third kappa shape index (κ3) is 3.01. The van der Waals surface area contributed by atoms with Crippen LogP contribution in [-0.2, 0) is 0 Å². The predicted molar refractivity (Wildman–Crippen MR) is 80.1 cm³/mol. The average molecular weight is 294 g/mol. The van der Waals surface area contributed by atoms with Gasteiger partial charge in [-0.1, -0.05) is 12.2 Å². The van der Waals surface area contributed by atoms with Gasteiger partial charge >= 0.3 is 0 Å². The van der Waals surface area contributed by atoms with Gasteiger partial charge in [0.05, 0.1) is 12.1 Å². The Morgan fingerprint density at radius 3 is 2.60 bits per heavy atom. The van der Waals surface area contributed by atoms with E-state index in [1.54, 1.807) is 17.0 Å². The molecule has 1 fully saturated rings. The summed E-state index contributed by atoms with van der Waals surface area (Å²) < 4.78 is 4.96. The minimum Gasteiger partial charge on any atom is -0.504 e. The van der Waals surface area contributed by atoms with Gasteiger partial charge in [0, 0.05) is 24.6 Å². The van der Waals surface area contributed by atoms with E-state index in [4.69, 9.17) is 22.7 Å². The first kappa shape index (κ1) is 14.6. The third-order valence-electron chi connectivity index (χ3n) is 3.61. The van der Waals surface area contributed by atoms with Gasteiger partial charge in [-0.15, -0.1) is 0 Å². The number of hydrogen-bond acceptors (Lipinski definition) is 4. The maximum atomic E-state index is 12.3. The molecule has 0 atom stereocenters. The summed E-state index contributed by atoms with van der Waals surface area (Å²) in [7, 11) is 1.47. The van der Waals surface area contributed by atoms with Crippen LogP contribution >= 0.6 is 12.2 Å². The van der Waals surface area contributed by atoms with E-state index >= 15 is 0 Å². The smallest absolute Gasteiger partial charge is 0.253 e. The van der Waals surface area contributed by atoms with Gasteiger partial charge in [-0.05, 0) is 31.0 Å². The number of hydrogen-bond donors (Lipinski definition) is 2. The fraction of sp³-hybridized carbons (Fsp3) is 0.429. The van der Waals surface area contributed by atoms with Crippen molar-refractivity contribution in [1.82, 2.24) is 4.90 Å². The number of nitrogens with two attached hydrogens (primary N) is 1. The number of thiocarbonyl (C=S) groups is 1. The molecular weight excluding hydrogens is 276 g/mol. The van der Waals surface area contributed by atoms with E-state index in [0.717, 1.165) is 12.8 Å². The largest absolute Gasteiger partial charge is 0.504 e. The van der Waals surface area contributed by atoms with Crippen molar-refractivity contribution in [3.8, 4) is 11.5 Å². The molecule has 0 aromatic heterocycles. The van der Waals surface area contributed by atoms with Crippen LogP contribution in [0.2, 0.25) is 0 Å². The zero-order valence-corrected chi connectivity index (χ0v) is 12.2. The summed E-state index contributed by atoms with van der Waals surface area (Å²) in [6.07, 6.45) is 1.59. The molecule has 108 valence electrons. The van der Waals surface area contributed by atoms with Crippen molar-refractivity contribution in [1.29, 1.82) is 0 Å². The molecule has 1 heterocycles. The second-order valence-corrected chi connectivity index (χ2v) is 5.33. The predicted octanol–water partition coefficient (Wildman–Crippen LogP) is 1.54. The van der Waals surface area contributed by atoms with Gasteiger partial charge in [0.15, 0.2) is 11.5 Å². The highest BCUT2D eigenvalue weighted by atomic mass is 32.1. The summed E-state index contributed by atoms with van der Waals surface area (Å²) in [5, 5.41) is 9.72. The van der Waals surface area contributed by atoms with E-state index in [-0.39, 0.29) is 17.6 Å². The van der Waals surface area contributed by atoms with Gasteiger partial charge in [-0.2, -0.15) is 0 Å². The number of ether oxygens (including phenoxy) is 1. The van der Waals surface area contributed by atoms with Gasteiger partial charge in [0.1, 0.15) is 0 Å². The van der Waals surface area contributed by atoms with Crippen LogP contribution in [0, 0.1) is 5.92 Å². The van der Waals surface area contributed by atoms with Gasteiger partial charge in [-0.3, -0.25) is 4.79 Å². The summed E-state index contributed by atoms with van der Waals surface area (Å²) in [5.74, 6) is 0.452. The van der Waals surface area contributed by atoms with Crippen molar-refractivity contribution < 1.29 is 14.6 Å². The average Bonchev–Trinajstić information content (AvgIpc) is 2.46. The minimum atomic E-state index is -0.0932. The number of rotatable bonds is 3. The highest BCUT2D eigenvalue weighted by Crippen LogP contribution is 2.27. The fourth-order valence-corrected chi connectivity index (χ4v) is 2.61. The van der Waals surface area contributed by atoms with E-state index in [0.29, 0.717) is 29.4 Å². The van der Waals surface area contributed by atoms with Crippen molar-refractivity contribution in [2.45, 2.75) is 12.8 Å². The SMILES string of the molecule is COc1ccc(C(=O)N2CCC(C(N)=S)CC2)cc1O. The Morgan fingerprint density at radius 2 is 2.10 bits per heavy atom. The second kappa shape index (κ2) is 6.09. The lowest BCUT2D eigenvalue weighted by atomic mass is 9.96. The molecule has 0 saturated carbocycles. The molecular formula is C14H18N2O3S. The normalized spacial score (nSPS) is 15.9. The molecule has 0 radical (unpaired) electrons. The number of phenols is 1. The molecule has 0 bridgehead atoms. The number of carbonyl (C=O) groups is 1. The molecule has 0 unspecified atom stereocenters. The van der Waals surface area contributed by atoms with Crippen molar-refractivity contribution in [3.05, 3.63) is 23.8 Å². The topological polar surface area (TPSA) is 75.8 Å². The number of piperidine rings is 1. The van der Waals surface area contributed by atoms with Gasteiger partial charge in [0.25, 0.3) is 5.91 Å². The number of aromatic hydroxyl groups is 1. The molecule has 5 nitrogen and oxygen atoms in total. The number of benzene rings is 1. The number of nitrogens with zero attached hydrogens (tertiary/aromatic N) is 1. The number of amides is 1. The third-order valence-corrected chi connectivity index (χ3v) is 3.94. The van der Waals surface area contributed by atoms with Crippen LogP contribution in [0.1, 0.15) is 23.2 Å². The Balaban J connectivity index is 2.05. The first-order valence-corrected chi connectivity index (χ1v) is 6.89. The van der Waals surface area contributed by atoms with E-state index in [2.05, 4.69) is 0 Å². The number of carbonyl (C=O) groups excluding carboxylic acids is 1. The lowest BCUT2D eigenvalue weighted by Gasteiger charge is -2.31. The van der Waals surface area contributed by atoms with E-state index in [1.807, 2.05) is 0 Å². The molecule has 1 aliphatic heterocycles. The molecule has 1 amide bonds. The van der Waals surface area contributed by atoms with E-state index in [1.165, 1.54) is 13.2 Å². The van der Waals surface area contributed by atoms with Gasteiger partial charge in [0.2, 0.25) is 0 Å². The molecule has 0 spiro atoms. The van der Waals surface area contributed by atoms with Crippen LogP contribution in [0.25, 0.3) is 0 Å². The molecule has 20 heavy (non-hydrogen) atoms. The summed E-state index contributed by atoms with van der Waals surface area (Å²) in [6.45, 7) is 1.27. The van der Waals surface area contributed by atoms with Crippen LogP contribution in [0.4, 0.5) is 0 Å². The maximum absolute atomic E-state index is 12.3. The highest BCUT2D eigenvalue weighted by Gasteiger charge is 2.25. The quantitative estimate of drug-likeness (QED) is 0.827. The summed E-state index contributed by atoms with van der Waals surface area (Å²) >= 11 is 4.99. The lowest BCUT2D eigenvalue weighted by molar-refractivity contribution is 0.0710.